The first kappa shape index (κ1) is 16.8. The highest BCUT2D eigenvalue weighted by Crippen LogP contribution is 2.40. The van der Waals surface area contributed by atoms with Crippen molar-refractivity contribution < 1.29 is 10.0 Å². The molecule has 0 spiro atoms. The van der Waals surface area contributed by atoms with Crippen molar-refractivity contribution in [2.75, 3.05) is 0 Å². The maximum atomic E-state index is 9.71. The Bertz CT molecular complexity index is 1530. The summed E-state index contributed by atoms with van der Waals surface area (Å²) >= 11 is 1.81. The molecule has 6 rings (SSSR count). The van der Waals surface area contributed by atoms with Gasteiger partial charge in [0.05, 0.1) is 11.0 Å². The molecule has 2 aromatic heterocycles. The van der Waals surface area contributed by atoms with Crippen LogP contribution >= 0.6 is 11.3 Å². The maximum absolute atomic E-state index is 9.71. The molecule has 0 radical (unpaired) electrons. The van der Waals surface area contributed by atoms with E-state index in [1.54, 1.807) is 6.07 Å². The lowest BCUT2D eigenvalue weighted by Crippen LogP contribution is -2.29. The summed E-state index contributed by atoms with van der Waals surface area (Å²) in [5.41, 5.74) is 3.63. The summed E-state index contributed by atoms with van der Waals surface area (Å²) < 4.78 is 4.76. The van der Waals surface area contributed by atoms with E-state index in [0.29, 0.717) is 5.46 Å². The monoisotopic (exact) mass is 393 g/mol. The van der Waals surface area contributed by atoms with Gasteiger partial charge in [-0.15, -0.1) is 11.3 Å². The van der Waals surface area contributed by atoms with Crippen molar-refractivity contribution in [1.29, 1.82) is 0 Å². The van der Waals surface area contributed by atoms with E-state index in [4.69, 9.17) is 0 Å². The Morgan fingerprint density at radius 1 is 0.621 bits per heavy atom. The Morgan fingerprint density at radius 2 is 1.38 bits per heavy atom. The van der Waals surface area contributed by atoms with E-state index in [1.807, 2.05) is 41.7 Å². The van der Waals surface area contributed by atoms with Gasteiger partial charge >= 0.3 is 7.12 Å². The SMILES string of the molecule is OB(O)c1ccc2c3cc4sc5ccccc5c4cc3n(-c3ccccc3)c2c1. The summed E-state index contributed by atoms with van der Waals surface area (Å²) in [6.45, 7) is 0. The molecule has 4 aromatic carbocycles. The average molecular weight is 393 g/mol. The van der Waals surface area contributed by atoms with Crippen LogP contribution in [0.2, 0.25) is 0 Å². The largest absolute Gasteiger partial charge is 0.488 e. The number of hydrogen-bond donors (Lipinski definition) is 2. The highest BCUT2D eigenvalue weighted by atomic mass is 32.1. The normalized spacial score (nSPS) is 11.8. The number of nitrogens with zero attached hydrogens (tertiary/aromatic N) is 1. The molecule has 29 heavy (non-hydrogen) atoms. The van der Waals surface area contributed by atoms with Gasteiger partial charge in [0.2, 0.25) is 0 Å². The van der Waals surface area contributed by atoms with Crippen LogP contribution in [0.5, 0.6) is 0 Å². The lowest BCUT2D eigenvalue weighted by Gasteiger charge is -2.08. The third kappa shape index (κ3) is 2.45. The highest BCUT2D eigenvalue weighted by molar-refractivity contribution is 7.25. The fraction of sp³-hybridized carbons (Fsp3) is 0. The Balaban J connectivity index is 1.82. The lowest BCUT2D eigenvalue weighted by molar-refractivity contribution is 0.426. The number of fused-ring (bicyclic) bond motifs is 6. The summed E-state index contributed by atoms with van der Waals surface area (Å²) in [6.07, 6.45) is 0. The molecule has 0 unspecified atom stereocenters. The lowest BCUT2D eigenvalue weighted by atomic mass is 9.80. The molecule has 0 aliphatic heterocycles. The van der Waals surface area contributed by atoms with Crippen molar-refractivity contribution in [3.63, 3.8) is 0 Å². The van der Waals surface area contributed by atoms with Gasteiger partial charge in [-0.2, -0.15) is 0 Å². The van der Waals surface area contributed by atoms with Gasteiger partial charge in [0, 0.05) is 36.6 Å². The van der Waals surface area contributed by atoms with E-state index in [-0.39, 0.29) is 0 Å². The van der Waals surface area contributed by atoms with Gasteiger partial charge in [-0.3, -0.25) is 0 Å². The molecule has 0 saturated heterocycles. The number of para-hydroxylation sites is 1. The molecule has 0 bridgehead atoms. The van der Waals surface area contributed by atoms with E-state index < -0.39 is 7.12 Å². The van der Waals surface area contributed by atoms with Gasteiger partial charge in [-0.1, -0.05) is 48.5 Å². The van der Waals surface area contributed by atoms with Gasteiger partial charge in [0.15, 0.2) is 0 Å². The highest BCUT2D eigenvalue weighted by Gasteiger charge is 2.18. The van der Waals surface area contributed by atoms with Crippen molar-refractivity contribution in [2.45, 2.75) is 0 Å². The second kappa shape index (κ2) is 6.19. The zero-order valence-corrected chi connectivity index (χ0v) is 16.2. The molecule has 0 aliphatic carbocycles. The van der Waals surface area contributed by atoms with Crippen LogP contribution in [0, 0.1) is 0 Å². The van der Waals surface area contributed by atoms with E-state index in [9.17, 15) is 10.0 Å². The standard InChI is InChI=1S/C24H16BNO2S/c27-25(28)15-10-11-17-19-14-24-20(18-8-4-5-9-23(18)29-24)13-22(19)26(21(17)12-15)16-6-2-1-3-7-16/h1-14,27-28H. The molecular formula is C24H16BNO2S. The Labute approximate surface area is 171 Å². The van der Waals surface area contributed by atoms with Crippen LogP contribution in [-0.4, -0.2) is 21.7 Å². The summed E-state index contributed by atoms with van der Waals surface area (Å²) in [6, 6.07) is 28.9. The predicted octanol–water partition coefficient (Wildman–Crippen LogP) is 4.83. The summed E-state index contributed by atoms with van der Waals surface area (Å²) in [5, 5.41) is 24.2. The van der Waals surface area contributed by atoms with Gasteiger partial charge in [0.1, 0.15) is 0 Å². The third-order valence-electron chi connectivity index (χ3n) is 5.60. The second-order valence-electron chi connectivity index (χ2n) is 7.28. The Morgan fingerprint density at radius 3 is 2.21 bits per heavy atom. The van der Waals surface area contributed by atoms with Crippen molar-refractivity contribution in [1.82, 2.24) is 4.57 Å². The van der Waals surface area contributed by atoms with Gasteiger partial charge in [-0.05, 0) is 41.9 Å². The first-order valence-electron chi connectivity index (χ1n) is 9.51. The molecule has 2 heterocycles. The van der Waals surface area contributed by atoms with Crippen molar-refractivity contribution in [3.8, 4) is 5.69 Å². The van der Waals surface area contributed by atoms with Gasteiger partial charge in [0.25, 0.3) is 0 Å². The quantitative estimate of drug-likeness (QED) is 0.414. The van der Waals surface area contributed by atoms with E-state index in [1.165, 1.54) is 25.6 Å². The molecule has 6 aromatic rings. The molecule has 0 saturated carbocycles. The zero-order chi connectivity index (χ0) is 19.5. The van der Waals surface area contributed by atoms with Crippen LogP contribution in [0.25, 0.3) is 47.7 Å². The molecule has 0 atom stereocenters. The minimum atomic E-state index is -1.49. The fourth-order valence-corrected chi connectivity index (χ4v) is 5.39. The molecule has 0 amide bonds. The molecular weight excluding hydrogens is 377 g/mol. The first-order chi connectivity index (χ1) is 14.2. The Hall–Kier alpha value is -3.12. The van der Waals surface area contributed by atoms with Gasteiger partial charge in [-0.25, -0.2) is 0 Å². The van der Waals surface area contributed by atoms with E-state index >= 15 is 0 Å². The maximum Gasteiger partial charge on any atom is 0.488 e. The van der Waals surface area contributed by atoms with Crippen LogP contribution < -0.4 is 5.46 Å². The van der Waals surface area contributed by atoms with Crippen molar-refractivity contribution in [3.05, 3.63) is 84.9 Å². The number of benzene rings is 4. The van der Waals surface area contributed by atoms with Crippen molar-refractivity contribution in [2.24, 2.45) is 0 Å². The average Bonchev–Trinajstić information content (AvgIpc) is 3.27. The number of rotatable bonds is 2. The minimum absolute atomic E-state index is 0.491. The second-order valence-corrected chi connectivity index (χ2v) is 8.37. The predicted molar refractivity (Wildman–Crippen MR) is 123 cm³/mol. The third-order valence-corrected chi connectivity index (χ3v) is 6.73. The molecule has 0 aliphatic rings. The summed E-state index contributed by atoms with van der Waals surface area (Å²) in [7, 11) is -1.49. The molecule has 2 N–H and O–H groups in total. The van der Waals surface area contributed by atoms with Crippen LogP contribution in [0.1, 0.15) is 0 Å². The molecule has 3 nitrogen and oxygen atoms in total. The van der Waals surface area contributed by atoms with Crippen LogP contribution in [0.3, 0.4) is 0 Å². The molecule has 138 valence electrons. The molecule has 5 heteroatoms. The number of hydrogen-bond acceptors (Lipinski definition) is 3. The summed E-state index contributed by atoms with van der Waals surface area (Å²) in [5.74, 6) is 0. The van der Waals surface area contributed by atoms with Crippen LogP contribution in [0.4, 0.5) is 0 Å². The smallest absolute Gasteiger partial charge is 0.423 e. The topological polar surface area (TPSA) is 45.4 Å². The Kier molecular flexibility index (Phi) is 3.59. The van der Waals surface area contributed by atoms with E-state index in [2.05, 4.69) is 53.1 Å². The zero-order valence-electron chi connectivity index (χ0n) is 15.4. The van der Waals surface area contributed by atoms with Crippen molar-refractivity contribution >= 4 is 65.9 Å². The summed E-state index contributed by atoms with van der Waals surface area (Å²) in [4.78, 5) is 0. The van der Waals surface area contributed by atoms with E-state index in [0.717, 1.165) is 22.1 Å². The van der Waals surface area contributed by atoms with Crippen LogP contribution in [-0.2, 0) is 0 Å². The number of thiophene rings is 1. The number of aromatic nitrogens is 1. The molecule has 0 fully saturated rings. The minimum Gasteiger partial charge on any atom is -0.423 e. The van der Waals surface area contributed by atoms with Gasteiger partial charge < -0.3 is 14.6 Å². The van der Waals surface area contributed by atoms with Crippen LogP contribution in [0.15, 0.2) is 84.9 Å². The fourth-order valence-electron chi connectivity index (χ4n) is 4.27. The first-order valence-corrected chi connectivity index (χ1v) is 10.3.